The van der Waals surface area contributed by atoms with Gasteiger partial charge in [-0.2, -0.15) is 0 Å². The first kappa shape index (κ1) is 15.7. The molecule has 1 aromatic heterocycles. The smallest absolute Gasteiger partial charge is 0.220 e. The summed E-state index contributed by atoms with van der Waals surface area (Å²) in [6.07, 6.45) is 0.501. The van der Waals surface area contributed by atoms with Crippen molar-refractivity contribution >= 4 is 33.2 Å². The minimum Gasteiger partial charge on any atom is -0.355 e. The third-order valence-corrected chi connectivity index (χ3v) is 4.89. The number of nitrogens with one attached hydrogen (secondary N) is 1. The number of carbonyl (C=O) groups is 1. The van der Waals surface area contributed by atoms with Crippen LogP contribution in [0.4, 0.5) is 0 Å². The normalized spacial score (nSPS) is 13.4. The van der Waals surface area contributed by atoms with Crippen LogP contribution < -0.4 is 11.1 Å². The molecule has 0 aromatic carbocycles. The number of nitrogens with two attached hydrogens (primary N) is 1. The lowest BCUT2D eigenvalue weighted by atomic mass is 9.91. The van der Waals surface area contributed by atoms with Gasteiger partial charge in [-0.05, 0) is 40.5 Å². The van der Waals surface area contributed by atoms with Gasteiger partial charge < -0.3 is 11.1 Å². The Labute approximate surface area is 121 Å². The van der Waals surface area contributed by atoms with E-state index in [0.29, 0.717) is 19.5 Å². The highest BCUT2D eigenvalue weighted by Gasteiger charge is 2.23. The Kier molecular flexibility index (Phi) is 5.82. The topological polar surface area (TPSA) is 55.1 Å². The standard InChI is InChI=1S/C13H21BrN2OS/c1-9(7-15)6-12(17)16-8-13(2,3)10-4-5-11(14)18-10/h4-5,9H,6-8,15H2,1-3H3,(H,16,17). The number of hydrogen-bond acceptors (Lipinski definition) is 3. The molecule has 1 amide bonds. The van der Waals surface area contributed by atoms with E-state index in [4.69, 9.17) is 5.73 Å². The van der Waals surface area contributed by atoms with Gasteiger partial charge in [-0.25, -0.2) is 0 Å². The predicted octanol–water partition coefficient (Wildman–Crippen LogP) is 2.89. The highest BCUT2D eigenvalue weighted by Crippen LogP contribution is 2.32. The molecule has 3 N–H and O–H groups in total. The molecule has 3 nitrogen and oxygen atoms in total. The summed E-state index contributed by atoms with van der Waals surface area (Å²) < 4.78 is 1.12. The fourth-order valence-electron chi connectivity index (χ4n) is 1.56. The summed E-state index contributed by atoms with van der Waals surface area (Å²) in [7, 11) is 0. The van der Waals surface area contributed by atoms with Crippen molar-refractivity contribution < 1.29 is 4.79 Å². The van der Waals surface area contributed by atoms with Gasteiger partial charge in [0.1, 0.15) is 0 Å². The van der Waals surface area contributed by atoms with Gasteiger partial charge in [-0.1, -0.05) is 20.8 Å². The van der Waals surface area contributed by atoms with Crippen LogP contribution in [0.15, 0.2) is 15.9 Å². The average Bonchev–Trinajstić information content (AvgIpc) is 2.74. The number of carbonyl (C=O) groups excluding carboxylic acids is 1. The first-order chi connectivity index (χ1) is 8.35. The van der Waals surface area contributed by atoms with Gasteiger partial charge in [0.25, 0.3) is 0 Å². The minimum absolute atomic E-state index is 0.0434. The van der Waals surface area contributed by atoms with Gasteiger partial charge in [0.2, 0.25) is 5.91 Å². The van der Waals surface area contributed by atoms with Crippen molar-refractivity contribution in [3.05, 3.63) is 20.8 Å². The zero-order valence-electron chi connectivity index (χ0n) is 11.1. The van der Waals surface area contributed by atoms with Crippen molar-refractivity contribution in [3.63, 3.8) is 0 Å². The summed E-state index contributed by atoms with van der Waals surface area (Å²) in [5.74, 6) is 0.320. The Morgan fingerprint density at radius 3 is 2.72 bits per heavy atom. The quantitative estimate of drug-likeness (QED) is 0.841. The third-order valence-electron chi connectivity index (χ3n) is 2.90. The molecule has 0 aliphatic rings. The molecule has 102 valence electrons. The van der Waals surface area contributed by atoms with E-state index < -0.39 is 0 Å². The molecule has 1 atom stereocenters. The molecule has 1 heterocycles. The fraction of sp³-hybridized carbons (Fsp3) is 0.615. The van der Waals surface area contributed by atoms with Crippen LogP contribution >= 0.6 is 27.3 Å². The SMILES string of the molecule is CC(CN)CC(=O)NCC(C)(C)c1ccc(Br)s1. The average molecular weight is 333 g/mol. The van der Waals surface area contributed by atoms with E-state index in [9.17, 15) is 4.79 Å². The second-order valence-electron chi connectivity index (χ2n) is 5.31. The van der Waals surface area contributed by atoms with Crippen LogP contribution in [0.1, 0.15) is 32.1 Å². The Balaban J connectivity index is 2.49. The van der Waals surface area contributed by atoms with Crippen molar-refractivity contribution in [1.82, 2.24) is 5.32 Å². The Morgan fingerprint density at radius 1 is 1.56 bits per heavy atom. The summed E-state index contributed by atoms with van der Waals surface area (Å²) in [5, 5.41) is 2.99. The molecule has 0 radical (unpaired) electrons. The van der Waals surface area contributed by atoms with E-state index in [1.165, 1.54) is 4.88 Å². The van der Waals surface area contributed by atoms with Gasteiger partial charge >= 0.3 is 0 Å². The summed E-state index contributed by atoms with van der Waals surface area (Å²) in [5.41, 5.74) is 5.47. The molecule has 0 spiro atoms. The highest BCUT2D eigenvalue weighted by molar-refractivity contribution is 9.11. The molecule has 0 saturated heterocycles. The highest BCUT2D eigenvalue weighted by atomic mass is 79.9. The van der Waals surface area contributed by atoms with E-state index in [-0.39, 0.29) is 17.2 Å². The van der Waals surface area contributed by atoms with E-state index >= 15 is 0 Å². The molecule has 0 aliphatic heterocycles. The maximum Gasteiger partial charge on any atom is 0.220 e. The maximum absolute atomic E-state index is 11.7. The molecule has 18 heavy (non-hydrogen) atoms. The maximum atomic E-state index is 11.7. The Morgan fingerprint density at radius 2 is 2.22 bits per heavy atom. The second-order valence-corrected chi connectivity index (χ2v) is 7.77. The molecule has 0 saturated carbocycles. The summed E-state index contributed by atoms with van der Waals surface area (Å²) in [6, 6.07) is 4.14. The predicted molar refractivity (Wildman–Crippen MR) is 80.9 cm³/mol. The summed E-state index contributed by atoms with van der Waals surface area (Å²) in [4.78, 5) is 13.0. The van der Waals surface area contributed by atoms with Gasteiger partial charge in [-0.3, -0.25) is 4.79 Å². The van der Waals surface area contributed by atoms with Crippen LogP contribution in [-0.2, 0) is 10.2 Å². The number of halogens is 1. The van der Waals surface area contributed by atoms with Crippen LogP contribution in [0.25, 0.3) is 0 Å². The lowest BCUT2D eigenvalue weighted by Gasteiger charge is -2.24. The van der Waals surface area contributed by atoms with Crippen LogP contribution in [0.3, 0.4) is 0 Å². The van der Waals surface area contributed by atoms with Gasteiger partial charge in [0.15, 0.2) is 0 Å². The molecule has 0 bridgehead atoms. The molecular weight excluding hydrogens is 312 g/mol. The van der Waals surface area contributed by atoms with Crippen molar-refractivity contribution in [3.8, 4) is 0 Å². The largest absolute Gasteiger partial charge is 0.355 e. The number of rotatable bonds is 6. The van der Waals surface area contributed by atoms with Crippen LogP contribution in [0, 0.1) is 5.92 Å². The van der Waals surface area contributed by atoms with Crippen molar-refractivity contribution in [1.29, 1.82) is 0 Å². The summed E-state index contributed by atoms with van der Waals surface area (Å²) >= 11 is 5.17. The zero-order valence-corrected chi connectivity index (χ0v) is 13.5. The lowest BCUT2D eigenvalue weighted by Crippen LogP contribution is -2.37. The van der Waals surface area contributed by atoms with Crippen LogP contribution in [0.5, 0.6) is 0 Å². The summed E-state index contributed by atoms with van der Waals surface area (Å²) in [6.45, 7) is 7.46. The van der Waals surface area contributed by atoms with Crippen LogP contribution in [-0.4, -0.2) is 19.0 Å². The van der Waals surface area contributed by atoms with Gasteiger partial charge in [0, 0.05) is 23.3 Å². The number of thiophene rings is 1. The molecule has 0 aliphatic carbocycles. The van der Waals surface area contributed by atoms with E-state index in [0.717, 1.165) is 3.79 Å². The van der Waals surface area contributed by atoms with Crippen molar-refractivity contribution in [2.24, 2.45) is 11.7 Å². The van der Waals surface area contributed by atoms with Crippen molar-refractivity contribution in [2.75, 3.05) is 13.1 Å². The fourth-order valence-corrected chi connectivity index (χ4v) is 3.04. The minimum atomic E-state index is -0.0434. The second kappa shape index (κ2) is 6.68. The monoisotopic (exact) mass is 332 g/mol. The lowest BCUT2D eigenvalue weighted by molar-refractivity contribution is -0.122. The molecule has 0 fully saturated rings. The molecule has 5 heteroatoms. The molecular formula is C13H21BrN2OS. The molecule has 1 aromatic rings. The Bertz CT molecular complexity index is 403. The van der Waals surface area contributed by atoms with Crippen molar-refractivity contribution in [2.45, 2.75) is 32.6 Å². The zero-order chi connectivity index (χ0) is 13.8. The van der Waals surface area contributed by atoms with E-state index in [1.54, 1.807) is 11.3 Å². The Hall–Kier alpha value is -0.390. The van der Waals surface area contributed by atoms with Gasteiger partial charge in [0.05, 0.1) is 3.79 Å². The number of hydrogen-bond donors (Lipinski definition) is 2. The van der Waals surface area contributed by atoms with Gasteiger partial charge in [-0.15, -0.1) is 11.3 Å². The first-order valence-electron chi connectivity index (χ1n) is 6.07. The first-order valence-corrected chi connectivity index (χ1v) is 7.68. The van der Waals surface area contributed by atoms with Crippen LogP contribution in [0.2, 0.25) is 0 Å². The van der Waals surface area contributed by atoms with E-state index in [2.05, 4.69) is 41.2 Å². The molecule has 1 unspecified atom stereocenters. The molecule has 1 rings (SSSR count). The third kappa shape index (κ3) is 4.71. The van der Waals surface area contributed by atoms with E-state index in [1.807, 2.05) is 13.0 Å². The number of amides is 1.